The summed E-state index contributed by atoms with van der Waals surface area (Å²) >= 11 is 0. The van der Waals surface area contributed by atoms with E-state index in [1.54, 1.807) is 0 Å². The summed E-state index contributed by atoms with van der Waals surface area (Å²) in [6.07, 6.45) is 0. The number of furan rings is 1. The Bertz CT molecular complexity index is 2810. The maximum atomic E-state index is 6.12. The number of benzene rings is 8. The van der Waals surface area contributed by atoms with E-state index in [9.17, 15) is 0 Å². The average molecular weight is 625 g/mol. The van der Waals surface area contributed by atoms with Crippen molar-refractivity contribution in [3.05, 3.63) is 170 Å². The maximum Gasteiger partial charge on any atom is 0.160 e. The number of rotatable bonds is 4. The second-order valence-electron chi connectivity index (χ2n) is 12.6. The van der Waals surface area contributed by atoms with E-state index in [2.05, 4.69) is 146 Å². The van der Waals surface area contributed by atoms with Gasteiger partial charge in [0.1, 0.15) is 11.2 Å². The van der Waals surface area contributed by atoms with Crippen LogP contribution in [-0.2, 0) is 0 Å². The summed E-state index contributed by atoms with van der Waals surface area (Å²) in [7, 11) is 0. The number of nitrogens with zero attached hydrogens (tertiary/aromatic N) is 2. The molecule has 3 heteroatoms. The molecule has 0 radical (unpaired) electrons. The third kappa shape index (κ3) is 4.59. The van der Waals surface area contributed by atoms with Crippen molar-refractivity contribution in [1.82, 2.24) is 9.97 Å². The van der Waals surface area contributed by atoms with Crippen LogP contribution in [0.3, 0.4) is 0 Å². The van der Waals surface area contributed by atoms with Crippen LogP contribution < -0.4 is 0 Å². The molecule has 0 saturated heterocycles. The lowest BCUT2D eigenvalue weighted by molar-refractivity contribution is 0.669. The highest BCUT2D eigenvalue weighted by atomic mass is 16.3. The fourth-order valence-corrected chi connectivity index (χ4v) is 7.27. The van der Waals surface area contributed by atoms with Gasteiger partial charge in [0, 0.05) is 27.5 Å². The Morgan fingerprint density at radius 2 is 0.735 bits per heavy atom. The molecule has 8 aromatic carbocycles. The summed E-state index contributed by atoms with van der Waals surface area (Å²) in [4.78, 5) is 10.3. The van der Waals surface area contributed by atoms with Crippen molar-refractivity contribution in [1.29, 1.82) is 0 Å². The van der Waals surface area contributed by atoms with Gasteiger partial charge < -0.3 is 4.42 Å². The first-order chi connectivity index (χ1) is 24.3. The zero-order valence-electron chi connectivity index (χ0n) is 26.5. The van der Waals surface area contributed by atoms with E-state index in [-0.39, 0.29) is 0 Å². The number of aromatic nitrogens is 2. The third-order valence-corrected chi connectivity index (χ3v) is 9.67. The lowest BCUT2D eigenvalue weighted by atomic mass is 9.91. The van der Waals surface area contributed by atoms with Crippen molar-refractivity contribution in [3.63, 3.8) is 0 Å². The molecule has 0 amide bonds. The van der Waals surface area contributed by atoms with E-state index in [1.807, 2.05) is 24.3 Å². The predicted molar refractivity (Wildman–Crippen MR) is 204 cm³/mol. The lowest BCUT2D eigenvalue weighted by Crippen LogP contribution is -1.96. The van der Waals surface area contributed by atoms with Crippen LogP contribution in [0.4, 0.5) is 0 Å². The second kappa shape index (κ2) is 11.0. The molecule has 0 N–H and O–H groups in total. The SMILES string of the molecule is c1ccc(-c2cc(-c3ccccc3)nc(-c3ccc4c5ccccc5c5cc(-c6ccc7oc8ccccc8c7c6)ccc5c4c3)n2)cc1. The van der Waals surface area contributed by atoms with E-state index in [0.717, 1.165) is 50.0 Å². The highest BCUT2D eigenvalue weighted by Crippen LogP contribution is 2.40. The first-order valence-corrected chi connectivity index (χ1v) is 16.6. The number of hydrogen-bond acceptors (Lipinski definition) is 3. The van der Waals surface area contributed by atoms with Gasteiger partial charge in [0.05, 0.1) is 11.4 Å². The van der Waals surface area contributed by atoms with Crippen molar-refractivity contribution in [3.8, 4) is 45.0 Å². The van der Waals surface area contributed by atoms with E-state index in [1.165, 1.54) is 43.4 Å². The van der Waals surface area contributed by atoms with Gasteiger partial charge in [-0.05, 0) is 79.8 Å². The number of hydrogen-bond donors (Lipinski definition) is 0. The van der Waals surface area contributed by atoms with Gasteiger partial charge in [0.25, 0.3) is 0 Å². The molecule has 2 aromatic heterocycles. The van der Waals surface area contributed by atoms with Crippen LogP contribution in [0.15, 0.2) is 174 Å². The van der Waals surface area contributed by atoms with Crippen LogP contribution in [-0.4, -0.2) is 9.97 Å². The minimum atomic E-state index is 0.709. The molecule has 0 fully saturated rings. The van der Waals surface area contributed by atoms with Gasteiger partial charge >= 0.3 is 0 Å². The van der Waals surface area contributed by atoms with Crippen molar-refractivity contribution in [2.45, 2.75) is 0 Å². The Morgan fingerprint density at radius 1 is 0.286 bits per heavy atom. The van der Waals surface area contributed by atoms with Crippen LogP contribution in [0.1, 0.15) is 0 Å². The zero-order chi connectivity index (χ0) is 32.3. The monoisotopic (exact) mass is 624 g/mol. The second-order valence-corrected chi connectivity index (χ2v) is 12.6. The largest absolute Gasteiger partial charge is 0.456 e. The summed E-state index contributed by atoms with van der Waals surface area (Å²) in [5, 5.41) is 9.57. The lowest BCUT2D eigenvalue weighted by Gasteiger charge is -2.14. The average Bonchev–Trinajstić information content (AvgIpc) is 3.56. The standard InChI is InChI=1S/C46H28N2O/c1-3-11-29(12-4-1)42-28-43(30-13-5-2-6-14-30)48-46(47-42)33-20-23-36-34-15-7-8-16-35(34)39-25-31(19-22-37(39)40(36)27-33)32-21-24-45-41(26-32)38-17-9-10-18-44(38)49-45/h1-28H. The summed E-state index contributed by atoms with van der Waals surface area (Å²) in [6, 6.07) is 59.8. The molecule has 0 bridgehead atoms. The molecule has 228 valence electrons. The minimum Gasteiger partial charge on any atom is -0.456 e. The minimum absolute atomic E-state index is 0.709. The zero-order valence-corrected chi connectivity index (χ0v) is 26.5. The summed E-state index contributed by atoms with van der Waals surface area (Å²) in [5.74, 6) is 0.709. The summed E-state index contributed by atoms with van der Waals surface area (Å²) in [5.41, 5.74) is 9.08. The molecule has 10 aromatic rings. The van der Waals surface area contributed by atoms with Crippen molar-refractivity contribution < 1.29 is 4.42 Å². The molecule has 10 rings (SSSR count). The Balaban J connectivity index is 1.18. The molecule has 0 spiro atoms. The van der Waals surface area contributed by atoms with Gasteiger partial charge in [-0.1, -0.05) is 133 Å². The Hall–Kier alpha value is -6.58. The smallest absolute Gasteiger partial charge is 0.160 e. The summed E-state index contributed by atoms with van der Waals surface area (Å²) < 4.78 is 6.12. The maximum absolute atomic E-state index is 6.12. The Kier molecular flexibility index (Phi) is 6.18. The fraction of sp³-hybridized carbons (Fsp3) is 0. The normalized spacial score (nSPS) is 11.7. The summed E-state index contributed by atoms with van der Waals surface area (Å²) in [6.45, 7) is 0. The van der Waals surface area contributed by atoms with Crippen LogP contribution in [0, 0.1) is 0 Å². The first-order valence-electron chi connectivity index (χ1n) is 16.6. The molecular formula is C46H28N2O. The van der Waals surface area contributed by atoms with Crippen molar-refractivity contribution in [2.75, 3.05) is 0 Å². The molecule has 0 aliphatic heterocycles. The molecule has 0 atom stereocenters. The van der Waals surface area contributed by atoms with E-state index >= 15 is 0 Å². The fourth-order valence-electron chi connectivity index (χ4n) is 7.27. The van der Waals surface area contributed by atoms with E-state index in [4.69, 9.17) is 14.4 Å². The van der Waals surface area contributed by atoms with Gasteiger partial charge in [0.15, 0.2) is 5.82 Å². The first kappa shape index (κ1) is 27.5. The molecule has 3 nitrogen and oxygen atoms in total. The van der Waals surface area contributed by atoms with Gasteiger partial charge in [-0.3, -0.25) is 0 Å². The molecule has 0 unspecified atom stereocenters. The quantitative estimate of drug-likeness (QED) is 0.183. The van der Waals surface area contributed by atoms with Gasteiger partial charge in [-0.15, -0.1) is 0 Å². The van der Waals surface area contributed by atoms with Crippen LogP contribution in [0.25, 0.3) is 99.3 Å². The third-order valence-electron chi connectivity index (χ3n) is 9.67. The number of fused-ring (bicyclic) bond motifs is 9. The van der Waals surface area contributed by atoms with Crippen LogP contribution >= 0.6 is 0 Å². The highest BCUT2D eigenvalue weighted by molar-refractivity contribution is 6.26. The predicted octanol–water partition coefficient (Wildman–Crippen LogP) is 12.5. The van der Waals surface area contributed by atoms with E-state index in [0.29, 0.717) is 5.82 Å². The van der Waals surface area contributed by atoms with Gasteiger partial charge in [-0.2, -0.15) is 0 Å². The van der Waals surface area contributed by atoms with Crippen molar-refractivity contribution >= 4 is 54.3 Å². The molecule has 49 heavy (non-hydrogen) atoms. The molecular weight excluding hydrogens is 597 g/mol. The molecule has 0 saturated carbocycles. The number of para-hydroxylation sites is 1. The topological polar surface area (TPSA) is 38.9 Å². The van der Waals surface area contributed by atoms with Gasteiger partial charge in [0.2, 0.25) is 0 Å². The van der Waals surface area contributed by atoms with E-state index < -0.39 is 0 Å². The molecule has 0 aliphatic rings. The Labute approximate surface area is 282 Å². The Morgan fingerprint density at radius 3 is 1.41 bits per heavy atom. The van der Waals surface area contributed by atoms with Crippen molar-refractivity contribution in [2.24, 2.45) is 0 Å². The van der Waals surface area contributed by atoms with Gasteiger partial charge in [-0.25, -0.2) is 9.97 Å². The molecule has 2 heterocycles. The highest BCUT2D eigenvalue weighted by Gasteiger charge is 2.15. The molecule has 0 aliphatic carbocycles. The van der Waals surface area contributed by atoms with Crippen LogP contribution in [0.5, 0.6) is 0 Å². The van der Waals surface area contributed by atoms with Crippen LogP contribution in [0.2, 0.25) is 0 Å².